The Balaban J connectivity index is 0. The van der Waals surface area contributed by atoms with Crippen LogP contribution >= 0.6 is 0 Å². The predicted octanol–water partition coefficient (Wildman–Crippen LogP) is -0.0943. The fraction of sp³-hybridized carbons (Fsp3) is 0. The first-order chi connectivity index (χ1) is 2.50. The maximum atomic E-state index is 3.67. The van der Waals surface area contributed by atoms with Gasteiger partial charge in [0.05, 0.1) is 6.33 Å². The number of nitrogens with one attached hydrogen (secondary N) is 1. The molecule has 0 atom stereocenters. The van der Waals surface area contributed by atoms with E-state index in [-0.39, 0.29) is 40.1 Å². The van der Waals surface area contributed by atoms with Crippen molar-refractivity contribution < 1.29 is 37.7 Å². The van der Waals surface area contributed by atoms with Crippen LogP contribution < -0.4 is 9.97 Å². The summed E-state index contributed by atoms with van der Waals surface area (Å²) in [6, 6.07) is 0. The minimum absolute atomic E-state index is 0. The minimum atomic E-state index is 0. The first-order valence-corrected chi connectivity index (χ1v) is 1.43. The number of H-pyrrole nitrogens is 1. The fourth-order valence-electron chi connectivity index (χ4n) is 0.215. The van der Waals surface area contributed by atoms with Crippen LogP contribution in [-0.2, 0) is 32.7 Å². The monoisotopic (exact) mass is 172 g/mol. The SMILES string of the molecule is [CH3-].[Y].c1c[nH+]c[n-]1. The molecule has 1 N–H and O–H groups in total. The zero-order valence-corrected chi connectivity index (χ0v) is 7.09. The minimum Gasteiger partial charge on any atom is -0.358 e. The summed E-state index contributed by atoms with van der Waals surface area (Å²) < 4.78 is 0. The summed E-state index contributed by atoms with van der Waals surface area (Å²) in [6.07, 6.45) is 5.08. The molecule has 0 aromatic carbocycles. The first kappa shape index (κ1) is 10.3. The van der Waals surface area contributed by atoms with E-state index in [1.54, 1.807) is 18.7 Å². The molecule has 2 nitrogen and oxygen atoms in total. The normalized spacial score (nSPS) is 5.71. The van der Waals surface area contributed by atoms with Crippen molar-refractivity contribution in [1.82, 2.24) is 4.98 Å². The van der Waals surface area contributed by atoms with E-state index in [4.69, 9.17) is 0 Å². The molecule has 1 heterocycles. The summed E-state index contributed by atoms with van der Waals surface area (Å²) >= 11 is 0. The molecule has 0 aliphatic rings. The van der Waals surface area contributed by atoms with Crippen LogP contribution in [0.1, 0.15) is 0 Å². The summed E-state index contributed by atoms with van der Waals surface area (Å²) in [7, 11) is 0. The van der Waals surface area contributed by atoms with Crippen LogP contribution in [0.3, 0.4) is 0 Å². The van der Waals surface area contributed by atoms with E-state index >= 15 is 0 Å². The molecule has 0 spiro atoms. The molecule has 1 aromatic rings. The van der Waals surface area contributed by atoms with Gasteiger partial charge in [0.15, 0.2) is 0 Å². The van der Waals surface area contributed by atoms with E-state index in [9.17, 15) is 0 Å². The van der Waals surface area contributed by atoms with Crippen molar-refractivity contribution in [3.63, 3.8) is 0 Å². The largest absolute Gasteiger partial charge is 0.358 e. The van der Waals surface area contributed by atoms with E-state index in [1.807, 2.05) is 0 Å². The molecular weight excluding hydrogens is 165 g/mol. The Bertz CT molecular complexity index is 66.2. The van der Waals surface area contributed by atoms with Crippen LogP contribution in [0.2, 0.25) is 0 Å². The molecule has 1 radical (unpaired) electrons. The molecule has 0 fully saturated rings. The number of hydrogen-bond donors (Lipinski definition) is 0. The van der Waals surface area contributed by atoms with Gasteiger partial charge in [-0.3, -0.25) is 0 Å². The number of rotatable bonds is 0. The van der Waals surface area contributed by atoms with Gasteiger partial charge in [0, 0.05) is 45.1 Å². The molecule has 0 saturated heterocycles. The van der Waals surface area contributed by atoms with E-state index in [0.29, 0.717) is 0 Å². The average Bonchev–Trinajstić information content (AvgIpc) is 1.76. The zero-order chi connectivity index (χ0) is 3.54. The van der Waals surface area contributed by atoms with Crippen LogP contribution in [0.15, 0.2) is 18.7 Å². The summed E-state index contributed by atoms with van der Waals surface area (Å²) in [5, 5.41) is 0. The van der Waals surface area contributed by atoms with Gasteiger partial charge in [-0.05, 0) is 0 Å². The van der Waals surface area contributed by atoms with Crippen LogP contribution in [0.4, 0.5) is 0 Å². The maximum absolute atomic E-state index is 3.67. The van der Waals surface area contributed by atoms with Crippen molar-refractivity contribution in [1.29, 1.82) is 0 Å². The first-order valence-electron chi connectivity index (χ1n) is 1.43. The van der Waals surface area contributed by atoms with Crippen LogP contribution in [0.25, 0.3) is 0 Å². The van der Waals surface area contributed by atoms with Gasteiger partial charge in [0.25, 0.3) is 0 Å². The summed E-state index contributed by atoms with van der Waals surface area (Å²) in [5.74, 6) is 0. The van der Waals surface area contributed by atoms with Gasteiger partial charge < -0.3 is 12.4 Å². The summed E-state index contributed by atoms with van der Waals surface area (Å²) in [4.78, 5) is 6.42. The van der Waals surface area contributed by atoms with Crippen molar-refractivity contribution in [3.05, 3.63) is 26.1 Å². The van der Waals surface area contributed by atoms with Gasteiger partial charge in [0.2, 0.25) is 0 Å². The molecule has 0 unspecified atom stereocenters. The molecule has 0 saturated carbocycles. The molecule has 37 valence electrons. The third-order valence-corrected chi connectivity index (χ3v) is 0.406. The van der Waals surface area contributed by atoms with Gasteiger partial charge in [0.1, 0.15) is 0 Å². The number of aromatic amines is 1. The molecule has 0 aliphatic heterocycles. The second-order valence-electron chi connectivity index (χ2n) is 0.761. The van der Waals surface area contributed by atoms with Gasteiger partial charge in [-0.15, -0.1) is 0 Å². The van der Waals surface area contributed by atoms with Crippen molar-refractivity contribution >= 4 is 0 Å². The average molecular weight is 172 g/mol. The Kier molecular flexibility index (Phi) is 9.31. The van der Waals surface area contributed by atoms with Gasteiger partial charge >= 0.3 is 0 Å². The Morgan fingerprint density at radius 2 is 2.14 bits per heavy atom. The van der Waals surface area contributed by atoms with Crippen molar-refractivity contribution in [3.8, 4) is 0 Å². The van der Waals surface area contributed by atoms with Crippen LogP contribution in [-0.4, -0.2) is 0 Å². The Hall–Kier alpha value is 0.314. The Morgan fingerprint density at radius 1 is 1.43 bits per heavy atom. The topological polar surface area (TPSA) is 28.2 Å². The van der Waals surface area contributed by atoms with Crippen molar-refractivity contribution in [2.24, 2.45) is 0 Å². The third-order valence-electron chi connectivity index (χ3n) is 0.406. The van der Waals surface area contributed by atoms with E-state index < -0.39 is 0 Å². The molecule has 1 aromatic heterocycles. The van der Waals surface area contributed by atoms with Crippen molar-refractivity contribution in [2.45, 2.75) is 0 Å². The quantitative estimate of drug-likeness (QED) is 0.502. The molecule has 7 heavy (non-hydrogen) atoms. The molecule has 0 aliphatic carbocycles. The van der Waals surface area contributed by atoms with Crippen LogP contribution in [0, 0.1) is 7.43 Å². The molecule has 1 rings (SSSR count). The van der Waals surface area contributed by atoms with E-state index in [0.717, 1.165) is 0 Å². The summed E-state index contributed by atoms with van der Waals surface area (Å²) in [6.45, 7) is 0. The fourth-order valence-corrected chi connectivity index (χ4v) is 0.215. The van der Waals surface area contributed by atoms with E-state index in [1.165, 1.54) is 0 Å². The Labute approximate surface area is 68.6 Å². The van der Waals surface area contributed by atoms with E-state index in [2.05, 4.69) is 9.97 Å². The number of nitrogens with zero attached hydrogens (tertiary/aromatic N) is 1. The van der Waals surface area contributed by atoms with Gasteiger partial charge in [-0.25, -0.2) is 4.98 Å². The number of imidazole rings is 1. The standard InChI is InChI=1S/C3H3N2.CH3.Y/c1-2-5-3-4-1;;/h1-3H;1H3;/q2*-1;/p+1. The summed E-state index contributed by atoms with van der Waals surface area (Å²) in [5.41, 5.74) is 0. The third kappa shape index (κ3) is 4.16. The number of hydrogen-bond acceptors (Lipinski definition) is 0. The zero-order valence-electron chi connectivity index (χ0n) is 4.26. The molecule has 0 bridgehead atoms. The smallest absolute Gasteiger partial charge is 0.0919 e. The van der Waals surface area contributed by atoms with Crippen LogP contribution in [0.5, 0.6) is 0 Å². The van der Waals surface area contributed by atoms with Gasteiger partial charge in [-0.1, -0.05) is 0 Å². The maximum Gasteiger partial charge on any atom is 0.0919 e. The second kappa shape index (κ2) is 6.31. The predicted molar refractivity (Wildman–Crippen MR) is 22.7 cm³/mol. The number of aromatic nitrogens is 2. The second-order valence-corrected chi connectivity index (χ2v) is 0.761. The van der Waals surface area contributed by atoms with Gasteiger partial charge in [-0.2, -0.15) is 0 Å². The molecular formula is C4H7N2Y-. The van der Waals surface area contributed by atoms with Crippen molar-refractivity contribution in [2.75, 3.05) is 0 Å². The molecule has 3 heteroatoms. The molecule has 0 amide bonds. The Morgan fingerprint density at radius 3 is 2.29 bits per heavy atom.